The molecular weight excluding hydrogens is 354 g/mol. The van der Waals surface area contributed by atoms with E-state index in [1.807, 2.05) is 5.01 Å². The number of carbonyl (C=O) groups excluding carboxylic acids is 2. The first-order valence-electron chi connectivity index (χ1n) is 8.77. The fraction of sp³-hybridized carbons (Fsp3) is 0.529. The number of morpholine rings is 1. The Morgan fingerprint density at radius 3 is 2.48 bits per heavy atom. The van der Waals surface area contributed by atoms with Gasteiger partial charge in [-0.3, -0.25) is 20.4 Å². The van der Waals surface area contributed by atoms with Crippen molar-refractivity contribution in [1.82, 2.24) is 26.6 Å². The molecule has 0 bridgehead atoms. The number of hydrogen-bond donors (Lipinski definition) is 4. The molecule has 0 spiro atoms. The smallest absolute Gasteiger partial charge is 0.259 e. The minimum Gasteiger partial charge on any atom is -0.496 e. The summed E-state index contributed by atoms with van der Waals surface area (Å²) in [6.45, 7) is 2.81. The molecule has 2 amide bonds. The highest BCUT2D eigenvalue weighted by Crippen LogP contribution is 2.28. The largest absolute Gasteiger partial charge is 0.496 e. The molecule has 2 aliphatic heterocycles. The van der Waals surface area contributed by atoms with Gasteiger partial charge in [-0.25, -0.2) is 10.4 Å². The van der Waals surface area contributed by atoms with Crippen LogP contribution in [0.1, 0.15) is 10.4 Å². The molecule has 2 aliphatic rings. The third-order valence-electron chi connectivity index (χ3n) is 4.52. The van der Waals surface area contributed by atoms with E-state index in [-0.39, 0.29) is 11.8 Å². The Morgan fingerprint density at radius 1 is 1.19 bits per heavy atom. The molecule has 10 nitrogen and oxygen atoms in total. The molecule has 10 heteroatoms. The predicted molar refractivity (Wildman–Crippen MR) is 96.3 cm³/mol. The van der Waals surface area contributed by atoms with Crippen molar-refractivity contribution in [3.05, 3.63) is 23.8 Å². The molecule has 0 radical (unpaired) electrons. The number of rotatable bonds is 6. The van der Waals surface area contributed by atoms with Gasteiger partial charge < -0.3 is 19.5 Å². The third kappa shape index (κ3) is 4.48. The zero-order valence-corrected chi connectivity index (χ0v) is 15.4. The molecule has 148 valence electrons. The first kappa shape index (κ1) is 19.4. The molecule has 0 saturated carbocycles. The van der Waals surface area contributed by atoms with Crippen molar-refractivity contribution in [3.8, 4) is 11.5 Å². The van der Waals surface area contributed by atoms with Crippen molar-refractivity contribution in [3.63, 3.8) is 0 Å². The number of nitrogens with one attached hydrogen (secondary N) is 4. The van der Waals surface area contributed by atoms with Crippen molar-refractivity contribution in [1.29, 1.82) is 0 Å². The van der Waals surface area contributed by atoms with E-state index in [2.05, 4.69) is 21.6 Å². The minimum atomic E-state index is -0.613. The first-order chi connectivity index (χ1) is 13.1. The van der Waals surface area contributed by atoms with Crippen LogP contribution in [-0.4, -0.2) is 76.0 Å². The van der Waals surface area contributed by atoms with Gasteiger partial charge in [0, 0.05) is 19.6 Å². The number of hydrogen-bond acceptors (Lipinski definition) is 8. The molecule has 3 rings (SSSR count). The van der Waals surface area contributed by atoms with Gasteiger partial charge in [-0.1, -0.05) is 6.07 Å². The lowest BCUT2D eigenvalue weighted by Crippen LogP contribution is -2.58. The van der Waals surface area contributed by atoms with Crippen LogP contribution in [0.4, 0.5) is 0 Å². The Hall–Kier alpha value is -2.40. The second-order valence-corrected chi connectivity index (χ2v) is 6.20. The van der Waals surface area contributed by atoms with Crippen LogP contribution >= 0.6 is 0 Å². The summed E-state index contributed by atoms with van der Waals surface area (Å²) in [7, 11) is 2.98. The average Bonchev–Trinajstić information content (AvgIpc) is 3.16. The van der Waals surface area contributed by atoms with Crippen molar-refractivity contribution < 1.29 is 23.8 Å². The number of carbonyl (C=O) groups is 2. The fourth-order valence-corrected chi connectivity index (χ4v) is 3.10. The van der Waals surface area contributed by atoms with Gasteiger partial charge in [0.05, 0.1) is 33.5 Å². The van der Waals surface area contributed by atoms with E-state index >= 15 is 0 Å². The zero-order valence-electron chi connectivity index (χ0n) is 15.4. The van der Waals surface area contributed by atoms with E-state index in [1.54, 1.807) is 18.2 Å². The van der Waals surface area contributed by atoms with Crippen LogP contribution in [0.25, 0.3) is 0 Å². The van der Waals surface area contributed by atoms with E-state index in [4.69, 9.17) is 14.2 Å². The molecule has 2 unspecified atom stereocenters. The Balaban J connectivity index is 1.67. The van der Waals surface area contributed by atoms with E-state index in [0.717, 1.165) is 0 Å². The summed E-state index contributed by atoms with van der Waals surface area (Å²) in [4.78, 5) is 25.4. The first-order valence-corrected chi connectivity index (χ1v) is 8.77. The van der Waals surface area contributed by atoms with Gasteiger partial charge >= 0.3 is 0 Å². The number of ether oxygens (including phenoxy) is 3. The summed E-state index contributed by atoms with van der Waals surface area (Å²) in [5.74, 6) is 0.211. The molecule has 0 aliphatic carbocycles. The van der Waals surface area contributed by atoms with Gasteiger partial charge in [0.2, 0.25) is 0 Å². The maximum absolute atomic E-state index is 12.8. The molecule has 2 fully saturated rings. The normalized spacial score (nSPS) is 22.9. The summed E-state index contributed by atoms with van der Waals surface area (Å²) in [5, 5.41) is 4.70. The van der Waals surface area contributed by atoms with Gasteiger partial charge in [0.15, 0.2) is 0 Å². The number of hydrazine groups is 2. The van der Waals surface area contributed by atoms with Crippen molar-refractivity contribution >= 4 is 11.8 Å². The van der Waals surface area contributed by atoms with Crippen LogP contribution in [0.3, 0.4) is 0 Å². The lowest BCUT2D eigenvalue weighted by Gasteiger charge is -2.29. The van der Waals surface area contributed by atoms with Crippen LogP contribution in [0, 0.1) is 0 Å². The Labute approximate surface area is 157 Å². The number of benzene rings is 1. The maximum Gasteiger partial charge on any atom is 0.259 e. The zero-order chi connectivity index (χ0) is 19.2. The van der Waals surface area contributed by atoms with E-state index < -0.39 is 12.1 Å². The van der Waals surface area contributed by atoms with Crippen molar-refractivity contribution in [2.24, 2.45) is 0 Å². The van der Waals surface area contributed by atoms with Crippen molar-refractivity contribution in [2.45, 2.75) is 12.1 Å². The molecular formula is C17H25N5O5. The van der Waals surface area contributed by atoms with Gasteiger partial charge in [0.1, 0.15) is 23.1 Å². The quantitative estimate of drug-likeness (QED) is 0.480. The van der Waals surface area contributed by atoms with Crippen LogP contribution in [-0.2, 0) is 9.53 Å². The van der Waals surface area contributed by atoms with E-state index in [1.165, 1.54) is 14.2 Å². The molecule has 27 heavy (non-hydrogen) atoms. The maximum atomic E-state index is 12.8. The van der Waals surface area contributed by atoms with Crippen LogP contribution < -0.4 is 31.1 Å². The lowest BCUT2D eigenvalue weighted by atomic mass is 10.1. The number of methoxy groups -OCH3 is 2. The summed E-state index contributed by atoms with van der Waals surface area (Å²) in [6.07, 6.45) is 0. The third-order valence-corrected chi connectivity index (χ3v) is 4.52. The van der Waals surface area contributed by atoms with E-state index in [9.17, 15) is 9.59 Å². The summed E-state index contributed by atoms with van der Waals surface area (Å²) in [6, 6.07) is 4.06. The average molecular weight is 379 g/mol. The highest BCUT2D eigenvalue weighted by Gasteiger charge is 2.35. The number of amides is 2. The second-order valence-electron chi connectivity index (χ2n) is 6.20. The van der Waals surface area contributed by atoms with Gasteiger partial charge in [-0.15, -0.1) is 0 Å². The van der Waals surface area contributed by atoms with Crippen LogP contribution in [0.5, 0.6) is 11.5 Å². The standard InChI is InChI=1S/C17H25N5O5/c1-25-12-4-3-5-13(26-2)14(12)16(23)19-11-10-18-20-15(11)17(24)21-22-6-8-27-9-7-22/h3-5,11,15,18,20H,6-10H2,1-2H3,(H,19,23)(H,21,24). The Morgan fingerprint density at radius 2 is 1.85 bits per heavy atom. The molecule has 2 atom stereocenters. The van der Waals surface area contributed by atoms with Gasteiger partial charge in [-0.05, 0) is 12.1 Å². The second kappa shape index (κ2) is 9.00. The lowest BCUT2D eigenvalue weighted by molar-refractivity contribution is -0.130. The molecule has 1 aromatic carbocycles. The van der Waals surface area contributed by atoms with Crippen LogP contribution in [0.2, 0.25) is 0 Å². The van der Waals surface area contributed by atoms with Gasteiger partial charge in [0.25, 0.3) is 11.8 Å². The highest BCUT2D eigenvalue weighted by atomic mass is 16.5. The van der Waals surface area contributed by atoms with Crippen LogP contribution in [0.15, 0.2) is 18.2 Å². The molecule has 0 aromatic heterocycles. The summed E-state index contributed by atoms with van der Waals surface area (Å²) >= 11 is 0. The van der Waals surface area contributed by atoms with E-state index in [0.29, 0.717) is 49.9 Å². The Bertz CT molecular complexity index is 657. The van der Waals surface area contributed by atoms with Crippen molar-refractivity contribution in [2.75, 3.05) is 47.1 Å². The monoisotopic (exact) mass is 379 g/mol. The highest BCUT2D eigenvalue weighted by molar-refractivity contribution is 6.00. The summed E-state index contributed by atoms with van der Waals surface area (Å²) in [5.41, 5.74) is 8.99. The molecule has 2 saturated heterocycles. The Kier molecular flexibility index (Phi) is 6.45. The molecule has 1 aromatic rings. The SMILES string of the molecule is COc1cccc(OC)c1C(=O)NC1CNNC1C(=O)NN1CCOCC1. The summed E-state index contributed by atoms with van der Waals surface area (Å²) < 4.78 is 15.8. The molecule has 4 N–H and O–H groups in total. The topological polar surface area (TPSA) is 113 Å². The molecule has 2 heterocycles. The fourth-order valence-electron chi connectivity index (χ4n) is 3.10. The minimum absolute atomic E-state index is 0.223. The van der Waals surface area contributed by atoms with Gasteiger partial charge in [-0.2, -0.15) is 0 Å². The number of nitrogens with zero attached hydrogens (tertiary/aromatic N) is 1. The predicted octanol–water partition coefficient (Wildman–Crippen LogP) is -1.36.